The normalized spacial score (nSPS) is 10.5. The Labute approximate surface area is 124 Å². The second-order valence-electron chi connectivity index (χ2n) is 4.02. The van der Waals surface area contributed by atoms with Crippen LogP contribution in [-0.2, 0) is 0 Å². The van der Waals surface area contributed by atoms with E-state index in [0.29, 0.717) is 34.2 Å². The van der Waals surface area contributed by atoms with E-state index in [1.165, 1.54) is 11.3 Å². The third-order valence-electron chi connectivity index (χ3n) is 2.64. The number of hydrogen-bond donors (Lipinski definition) is 1. The van der Waals surface area contributed by atoms with Gasteiger partial charge < -0.3 is 10.5 Å². The van der Waals surface area contributed by atoms with Crippen molar-refractivity contribution in [3.63, 3.8) is 0 Å². The van der Waals surface area contributed by atoms with E-state index in [1.807, 2.05) is 13.0 Å². The van der Waals surface area contributed by atoms with Crippen molar-refractivity contribution in [3.8, 4) is 22.5 Å². The number of nitriles is 1. The summed E-state index contributed by atoms with van der Waals surface area (Å²) in [6.45, 7) is 2.29. The average molecular weight is 298 g/mol. The van der Waals surface area contributed by atoms with Gasteiger partial charge in [-0.1, -0.05) is 0 Å². The quantitative estimate of drug-likeness (QED) is 0.787. The molecule has 3 heterocycles. The molecule has 0 aromatic carbocycles. The summed E-state index contributed by atoms with van der Waals surface area (Å²) in [5, 5.41) is 8.88. The molecule has 0 aliphatic rings. The predicted octanol–water partition coefficient (Wildman–Crippen LogP) is 2.00. The molecular weight excluding hydrogens is 288 g/mol. The van der Waals surface area contributed by atoms with Crippen LogP contribution in [0.2, 0.25) is 0 Å². The van der Waals surface area contributed by atoms with E-state index < -0.39 is 0 Å². The first-order valence-corrected chi connectivity index (χ1v) is 6.96. The first kappa shape index (κ1) is 13.2. The molecule has 0 radical (unpaired) electrons. The van der Waals surface area contributed by atoms with Gasteiger partial charge in [0.2, 0.25) is 11.8 Å². The molecule has 0 atom stereocenters. The number of nitrogen functional groups attached to an aromatic ring is 1. The number of aromatic nitrogens is 4. The lowest BCUT2D eigenvalue weighted by molar-refractivity contribution is 0.330. The molecule has 3 aromatic heterocycles. The second kappa shape index (κ2) is 5.30. The predicted molar refractivity (Wildman–Crippen MR) is 78.7 cm³/mol. The molecule has 2 N–H and O–H groups in total. The number of anilines is 1. The van der Waals surface area contributed by atoms with Crippen LogP contribution in [-0.4, -0.2) is 26.5 Å². The zero-order chi connectivity index (χ0) is 14.8. The van der Waals surface area contributed by atoms with E-state index >= 15 is 0 Å². The lowest BCUT2D eigenvalue weighted by Crippen LogP contribution is -2.03. The lowest BCUT2D eigenvalue weighted by atomic mass is 10.3. The summed E-state index contributed by atoms with van der Waals surface area (Å²) in [6.07, 6.45) is 1.59. The zero-order valence-corrected chi connectivity index (χ0v) is 11.9. The number of nitrogens with two attached hydrogens (primary N) is 1. The molecule has 8 heteroatoms. The van der Waals surface area contributed by atoms with Gasteiger partial charge in [-0.05, 0) is 19.1 Å². The standard InChI is InChI=1S/C13H10N6OS/c1-2-20-12-10-11(18-13(15)19-12)16-6-8(17-10)9-4-3-7(5-14)21-9/h3-4,6H,2H2,1H3,(H2,15,16,18,19). The number of ether oxygens (including phenoxy) is 1. The third kappa shape index (κ3) is 2.46. The van der Waals surface area contributed by atoms with Crippen LogP contribution < -0.4 is 10.5 Å². The van der Waals surface area contributed by atoms with Crippen molar-refractivity contribution < 1.29 is 4.74 Å². The summed E-state index contributed by atoms with van der Waals surface area (Å²) >= 11 is 1.35. The molecule has 0 saturated carbocycles. The minimum atomic E-state index is 0.0934. The van der Waals surface area contributed by atoms with Gasteiger partial charge in [-0.25, -0.2) is 9.97 Å². The molecule has 3 aromatic rings. The van der Waals surface area contributed by atoms with Gasteiger partial charge in [0.15, 0.2) is 11.2 Å². The fourth-order valence-corrected chi connectivity index (χ4v) is 2.55. The highest BCUT2D eigenvalue weighted by atomic mass is 32.1. The highest BCUT2D eigenvalue weighted by Crippen LogP contribution is 2.28. The molecule has 7 nitrogen and oxygen atoms in total. The summed E-state index contributed by atoms with van der Waals surface area (Å²) < 4.78 is 5.43. The SMILES string of the molecule is CCOc1nc(N)nc2ncc(-c3ccc(C#N)s3)nc12. The fraction of sp³-hybridized carbons (Fsp3) is 0.154. The van der Waals surface area contributed by atoms with Crippen LogP contribution in [0.4, 0.5) is 5.95 Å². The zero-order valence-electron chi connectivity index (χ0n) is 11.1. The Morgan fingerprint density at radius 2 is 2.19 bits per heavy atom. The van der Waals surface area contributed by atoms with Crippen LogP contribution in [0.15, 0.2) is 18.3 Å². The molecule has 0 fully saturated rings. The van der Waals surface area contributed by atoms with Crippen LogP contribution in [0.1, 0.15) is 11.8 Å². The van der Waals surface area contributed by atoms with Crippen LogP contribution in [0.5, 0.6) is 5.88 Å². The summed E-state index contributed by atoms with van der Waals surface area (Å²) in [6, 6.07) is 5.67. The smallest absolute Gasteiger partial charge is 0.247 e. The minimum Gasteiger partial charge on any atom is -0.476 e. The Bertz CT molecular complexity index is 853. The maximum absolute atomic E-state index is 8.88. The lowest BCUT2D eigenvalue weighted by Gasteiger charge is -2.06. The molecule has 0 amide bonds. The Balaban J connectivity index is 2.16. The first-order chi connectivity index (χ1) is 10.2. The number of hydrogen-bond acceptors (Lipinski definition) is 8. The summed E-state index contributed by atoms with van der Waals surface area (Å²) in [5.74, 6) is 0.405. The topological polar surface area (TPSA) is 111 Å². The summed E-state index contributed by atoms with van der Waals surface area (Å²) in [5.41, 5.74) is 7.10. The maximum atomic E-state index is 8.88. The molecule has 3 rings (SSSR count). The second-order valence-corrected chi connectivity index (χ2v) is 5.11. The van der Waals surface area contributed by atoms with Gasteiger partial charge in [-0.2, -0.15) is 15.2 Å². The number of nitrogens with zero attached hydrogens (tertiary/aromatic N) is 5. The van der Waals surface area contributed by atoms with E-state index in [0.717, 1.165) is 4.88 Å². The van der Waals surface area contributed by atoms with E-state index in [-0.39, 0.29) is 5.95 Å². The van der Waals surface area contributed by atoms with Gasteiger partial charge in [-0.15, -0.1) is 11.3 Å². The minimum absolute atomic E-state index is 0.0934. The monoisotopic (exact) mass is 298 g/mol. The van der Waals surface area contributed by atoms with E-state index in [2.05, 4.69) is 26.0 Å². The molecule has 0 spiro atoms. The van der Waals surface area contributed by atoms with Crippen LogP contribution in [0, 0.1) is 11.3 Å². The molecule has 0 saturated heterocycles. The summed E-state index contributed by atoms with van der Waals surface area (Å²) in [7, 11) is 0. The van der Waals surface area contributed by atoms with Gasteiger partial charge in [0.1, 0.15) is 10.9 Å². The maximum Gasteiger partial charge on any atom is 0.247 e. The van der Waals surface area contributed by atoms with Crippen molar-refractivity contribution in [1.82, 2.24) is 19.9 Å². The van der Waals surface area contributed by atoms with E-state index in [1.54, 1.807) is 12.3 Å². The molecular formula is C13H10N6OS. The van der Waals surface area contributed by atoms with Crippen LogP contribution in [0.3, 0.4) is 0 Å². The van der Waals surface area contributed by atoms with Crippen molar-refractivity contribution in [2.75, 3.05) is 12.3 Å². The Hall–Kier alpha value is -2.79. The molecule has 0 unspecified atom stereocenters. The average Bonchev–Trinajstić information content (AvgIpc) is 2.96. The number of fused-ring (bicyclic) bond motifs is 1. The van der Waals surface area contributed by atoms with Crippen molar-refractivity contribution in [3.05, 3.63) is 23.2 Å². The van der Waals surface area contributed by atoms with Crippen molar-refractivity contribution in [1.29, 1.82) is 5.26 Å². The Morgan fingerprint density at radius 3 is 2.90 bits per heavy atom. The van der Waals surface area contributed by atoms with Gasteiger partial charge >= 0.3 is 0 Å². The third-order valence-corrected chi connectivity index (χ3v) is 3.65. The van der Waals surface area contributed by atoms with Gasteiger partial charge in [0.25, 0.3) is 0 Å². The van der Waals surface area contributed by atoms with E-state index in [4.69, 9.17) is 15.7 Å². The highest BCUT2D eigenvalue weighted by Gasteiger charge is 2.13. The molecule has 104 valence electrons. The number of rotatable bonds is 3. The van der Waals surface area contributed by atoms with Gasteiger partial charge in [0, 0.05) is 0 Å². The summed E-state index contributed by atoms with van der Waals surface area (Å²) in [4.78, 5) is 18.3. The van der Waals surface area contributed by atoms with Crippen LogP contribution in [0.25, 0.3) is 21.7 Å². The van der Waals surface area contributed by atoms with Gasteiger partial charge in [0.05, 0.1) is 23.4 Å². The molecule has 0 bridgehead atoms. The highest BCUT2D eigenvalue weighted by molar-refractivity contribution is 7.15. The van der Waals surface area contributed by atoms with Crippen molar-refractivity contribution in [2.45, 2.75) is 6.92 Å². The number of thiophene rings is 1. The molecule has 0 aliphatic carbocycles. The van der Waals surface area contributed by atoms with Crippen molar-refractivity contribution in [2.24, 2.45) is 0 Å². The first-order valence-electron chi connectivity index (χ1n) is 6.14. The van der Waals surface area contributed by atoms with E-state index in [9.17, 15) is 0 Å². The van der Waals surface area contributed by atoms with Crippen molar-refractivity contribution >= 4 is 28.4 Å². The Kier molecular flexibility index (Phi) is 3.33. The largest absolute Gasteiger partial charge is 0.476 e. The fourth-order valence-electron chi connectivity index (χ4n) is 1.79. The van der Waals surface area contributed by atoms with Crippen LogP contribution >= 0.6 is 11.3 Å². The van der Waals surface area contributed by atoms with Gasteiger partial charge in [-0.3, -0.25) is 0 Å². The Morgan fingerprint density at radius 1 is 1.33 bits per heavy atom. The molecule has 21 heavy (non-hydrogen) atoms. The molecule has 0 aliphatic heterocycles.